The Morgan fingerprint density at radius 2 is 2.18 bits per heavy atom. The smallest absolute Gasteiger partial charge is 0.234 e. The molecule has 0 aromatic heterocycles. The lowest BCUT2D eigenvalue weighted by Crippen LogP contribution is -2.33. The van der Waals surface area contributed by atoms with Gasteiger partial charge in [-0.05, 0) is 11.1 Å². The molecule has 0 radical (unpaired) electrons. The molecule has 1 aromatic rings. The molecule has 1 amide bonds. The summed E-state index contributed by atoms with van der Waals surface area (Å²) in [5.41, 5.74) is 1.80. The number of benzene rings is 1. The molecule has 1 rings (SSSR count). The summed E-state index contributed by atoms with van der Waals surface area (Å²) < 4.78 is 0. The number of terminal acetylenes is 1. The van der Waals surface area contributed by atoms with Crippen LogP contribution < -0.4 is 10.6 Å². The molecule has 0 atom stereocenters. The SMILES string of the molecule is C#CCNCC(=O)NCc1cccc(CO)c1. The lowest BCUT2D eigenvalue weighted by Gasteiger charge is -2.06. The average Bonchev–Trinajstić information content (AvgIpc) is 2.37. The van der Waals surface area contributed by atoms with Crippen LogP contribution in [0.2, 0.25) is 0 Å². The van der Waals surface area contributed by atoms with Gasteiger partial charge in [0.15, 0.2) is 0 Å². The van der Waals surface area contributed by atoms with Crippen molar-refractivity contribution in [2.24, 2.45) is 0 Å². The highest BCUT2D eigenvalue weighted by Gasteiger charge is 2.00. The fourth-order valence-electron chi connectivity index (χ4n) is 1.35. The number of rotatable bonds is 6. The van der Waals surface area contributed by atoms with Crippen LogP contribution in [-0.2, 0) is 17.9 Å². The zero-order valence-corrected chi connectivity index (χ0v) is 9.57. The zero-order chi connectivity index (χ0) is 12.5. The Hall–Kier alpha value is -1.83. The minimum absolute atomic E-state index is 0.00547. The zero-order valence-electron chi connectivity index (χ0n) is 9.57. The van der Waals surface area contributed by atoms with Gasteiger partial charge in [-0.1, -0.05) is 30.2 Å². The topological polar surface area (TPSA) is 61.4 Å². The molecule has 0 spiro atoms. The highest BCUT2D eigenvalue weighted by atomic mass is 16.3. The number of carbonyl (C=O) groups is 1. The number of amides is 1. The molecule has 0 aliphatic rings. The molecule has 4 nitrogen and oxygen atoms in total. The van der Waals surface area contributed by atoms with Crippen LogP contribution in [-0.4, -0.2) is 24.1 Å². The van der Waals surface area contributed by atoms with Crippen molar-refractivity contribution < 1.29 is 9.90 Å². The molecule has 0 aliphatic carbocycles. The van der Waals surface area contributed by atoms with E-state index in [1.165, 1.54) is 0 Å². The summed E-state index contributed by atoms with van der Waals surface area (Å²) in [7, 11) is 0. The van der Waals surface area contributed by atoms with Gasteiger partial charge in [0.05, 0.1) is 19.7 Å². The van der Waals surface area contributed by atoms with E-state index < -0.39 is 0 Å². The second kappa shape index (κ2) is 7.44. The molecular formula is C13H16N2O2. The summed E-state index contributed by atoms with van der Waals surface area (Å²) in [6, 6.07) is 7.44. The number of aliphatic hydroxyl groups is 1. The number of aliphatic hydroxyl groups excluding tert-OH is 1. The fraction of sp³-hybridized carbons (Fsp3) is 0.308. The van der Waals surface area contributed by atoms with Gasteiger partial charge in [0.25, 0.3) is 0 Å². The highest BCUT2D eigenvalue weighted by Crippen LogP contribution is 2.04. The summed E-state index contributed by atoms with van der Waals surface area (Å²) in [6.07, 6.45) is 5.04. The normalized spacial score (nSPS) is 9.65. The van der Waals surface area contributed by atoms with Gasteiger partial charge < -0.3 is 10.4 Å². The van der Waals surface area contributed by atoms with Crippen LogP contribution in [0.25, 0.3) is 0 Å². The third-order valence-electron chi connectivity index (χ3n) is 2.18. The summed E-state index contributed by atoms with van der Waals surface area (Å²) >= 11 is 0. The maximum atomic E-state index is 11.4. The summed E-state index contributed by atoms with van der Waals surface area (Å²) in [5.74, 6) is 2.29. The molecule has 0 unspecified atom stereocenters. The van der Waals surface area contributed by atoms with E-state index in [1.807, 2.05) is 24.3 Å². The van der Waals surface area contributed by atoms with E-state index in [4.69, 9.17) is 11.5 Å². The first-order valence-corrected chi connectivity index (χ1v) is 5.36. The minimum atomic E-state index is -0.102. The van der Waals surface area contributed by atoms with Crippen molar-refractivity contribution in [1.82, 2.24) is 10.6 Å². The van der Waals surface area contributed by atoms with E-state index in [0.29, 0.717) is 13.1 Å². The molecule has 90 valence electrons. The Morgan fingerprint density at radius 3 is 2.88 bits per heavy atom. The predicted octanol–water partition coefficient (Wildman–Crippen LogP) is 0.0179. The fourth-order valence-corrected chi connectivity index (χ4v) is 1.35. The van der Waals surface area contributed by atoms with E-state index in [0.717, 1.165) is 11.1 Å². The van der Waals surface area contributed by atoms with Crippen LogP contribution in [0.1, 0.15) is 11.1 Å². The van der Waals surface area contributed by atoms with Crippen molar-refractivity contribution in [1.29, 1.82) is 0 Å². The van der Waals surface area contributed by atoms with E-state index in [1.54, 1.807) is 0 Å². The molecule has 0 bridgehead atoms. The summed E-state index contributed by atoms with van der Waals surface area (Å²) in [4.78, 5) is 11.4. The van der Waals surface area contributed by atoms with Crippen molar-refractivity contribution >= 4 is 5.91 Å². The van der Waals surface area contributed by atoms with Crippen molar-refractivity contribution in [2.75, 3.05) is 13.1 Å². The third-order valence-corrected chi connectivity index (χ3v) is 2.18. The molecule has 0 heterocycles. The molecular weight excluding hydrogens is 216 g/mol. The number of hydrogen-bond acceptors (Lipinski definition) is 3. The van der Waals surface area contributed by atoms with Gasteiger partial charge in [0.2, 0.25) is 5.91 Å². The molecule has 4 heteroatoms. The standard InChI is InChI=1S/C13H16N2O2/c1-2-6-14-9-13(17)15-8-11-4-3-5-12(7-11)10-16/h1,3-5,7,14,16H,6,8-10H2,(H,15,17). The molecule has 3 N–H and O–H groups in total. The Morgan fingerprint density at radius 1 is 1.41 bits per heavy atom. The van der Waals surface area contributed by atoms with Crippen molar-refractivity contribution in [3.05, 3.63) is 35.4 Å². The van der Waals surface area contributed by atoms with Crippen LogP contribution in [0.5, 0.6) is 0 Å². The Kier molecular flexibility index (Phi) is 5.80. The largest absolute Gasteiger partial charge is 0.392 e. The lowest BCUT2D eigenvalue weighted by atomic mass is 10.1. The lowest BCUT2D eigenvalue weighted by molar-refractivity contribution is -0.120. The summed E-state index contributed by atoms with van der Waals surface area (Å²) in [5, 5.41) is 14.5. The molecule has 0 aliphatic heterocycles. The second-order valence-electron chi connectivity index (χ2n) is 3.56. The van der Waals surface area contributed by atoms with Crippen LogP contribution >= 0.6 is 0 Å². The van der Waals surface area contributed by atoms with Gasteiger partial charge in [-0.2, -0.15) is 0 Å². The van der Waals surface area contributed by atoms with Gasteiger partial charge >= 0.3 is 0 Å². The van der Waals surface area contributed by atoms with Crippen molar-refractivity contribution in [2.45, 2.75) is 13.2 Å². The van der Waals surface area contributed by atoms with E-state index in [2.05, 4.69) is 16.6 Å². The van der Waals surface area contributed by atoms with Crippen LogP contribution in [0.15, 0.2) is 24.3 Å². The van der Waals surface area contributed by atoms with Gasteiger partial charge in [0, 0.05) is 6.54 Å². The molecule has 0 saturated heterocycles. The predicted molar refractivity (Wildman–Crippen MR) is 65.9 cm³/mol. The molecule has 0 saturated carbocycles. The van der Waals surface area contributed by atoms with Crippen molar-refractivity contribution in [3.8, 4) is 12.3 Å². The summed E-state index contributed by atoms with van der Waals surface area (Å²) in [6.45, 7) is 1.05. The van der Waals surface area contributed by atoms with Gasteiger partial charge in [-0.25, -0.2) is 0 Å². The Bertz CT molecular complexity index is 410. The molecule has 17 heavy (non-hydrogen) atoms. The Labute approximate surface area is 101 Å². The average molecular weight is 232 g/mol. The Balaban J connectivity index is 2.34. The second-order valence-corrected chi connectivity index (χ2v) is 3.56. The first-order chi connectivity index (χ1) is 8.26. The first-order valence-electron chi connectivity index (χ1n) is 5.36. The van der Waals surface area contributed by atoms with Crippen LogP contribution in [0.4, 0.5) is 0 Å². The van der Waals surface area contributed by atoms with Crippen LogP contribution in [0, 0.1) is 12.3 Å². The van der Waals surface area contributed by atoms with E-state index in [-0.39, 0.29) is 19.1 Å². The van der Waals surface area contributed by atoms with Gasteiger partial charge in [0.1, 0.15) is 0 Å². The van der Waals surface area contributed by atoms with E-state index in [9.17, 15) is 4.79 Å². The quantitative estimate of drug-likeness (QED) is 0.478. The minimum Gasteiger partial charge on any atom is -0.392 e. The number of carbonyl (C=O) groups excluding carboxylic acids is 1. The third kappa shape index (κ3) is 5.16. The van der Waals surface area contributed by atoms with Gasteiger partial charge in [-0.15, -0.1) is 6.42 Å². The number of hydrogen-bond donors (Lipinski definition) is 3. The first kappa shape index (κ1) is 13.2. The van der Waals surface area contributed by atoms with E-state index >= 15 is 0 Å². The van der Waals surface area contributed by atoms with Crippen LogP contribution in [0.3, 0.4) is 0 Å². The molecule has 1 aromatic carbocycles. The number of nitrogens with one attached hydrogen (secondary N) is 2. The maximum Gasteiger partial charge on any atom is 0.234 e. The van der Waals surface area contributed by atoms with Crippen molar-refractivity contribution in [3.63, 3.8) is 0 Å². The maximum absolute atomic E-state index is 11.4. The molecule has 0 fully saturated rings. The monoisotopic (exact) mass is 232 g/mol. The van der Waals surface area contributed by atoms with Gasteiger partial charge in [-0.3, -0.25) is 10.1 Å². The highest BCUT2D eigenvalue weighted by molar-refractivity contribution is 5.77.